The highest BCUT2D eigenvalue weighted by Crippen LogP contribution is 2.23. The van der Waals surface area contributed by atoms with Crippen molar-refractivity contribution in [2.75, 3.05) is 18.5 Å². The molecule has 1 aliphatic rings. The third-order valence-corrected chi connectivity index (χ3v) is 3.38. The van der Waals surface area contributed by atoms with Gasteiger partial charge < -0.3 is 15.4 Å². The summed E-state index contributed by atoms with van der Waals surface area (Å²) in [5.41, 5.74) is 0.467. The second-order valence-corrected chi connectivity index (χ2v) is 5.73. The Morgan fingerprint density at radius 1 is 1.40 bits per heavy atom. The quantitative estimate of drug-likeness (QED) is 0.890. The Balaban J connectivity index is 1.76. The maximum atomic E-state index is 12.8. The summed E-state index contributed by atoms with van der Waals surface area (Å²) in [5, 5.41) is 5.97. The second kappa shape index (κ2) is 6.33. The van der Waals surface area contributed by atoms with Crippen molar-refractivity contribution in [2.45, 2.75) is 38.3 Å². The molecular formula is C15H21FN2O2. The lowest BCUT2D eigenvalue weighted by molar-refractivity contribution is -0.116. The monoisotopic (exact) mass is 280 g/mol. The average molecular weight is 280 g/mol. The highest BCUT2D eigenvalue weighted by Gasteiger charge is 2.28. The van der Waals surface area contributed by atoms with Gasteiger partial charge in [-0.05, 0) is 51.0 Å². The molecule has 20 heavy (non-hydrogen) atoms. The van der Waals surface area contributed by atoms with Crippen LogP contribution >= 0.6 is 0 Å². The third kappa shape index (κ3) is 4.58. The Hall–Kier alpha value is -1.46. The molecule has 0 aliphatic carbocycles. The van der Waals surface area contributed by atoms with E-state index in [9.17, 15) is 9.18 Å². The minimum absolute atomic E-state index is 0.124. The van der Waals surface area contributed by atoms with Gasteiger partial charge in [0.25, 0.3) is 0 Å². The summed E-state index contributed by atoms with van der Waals surface area (Å²) < 4.78 is 18.4. The van der Waals surface area contributed by atoms with Crippen molar-refractivity contribution in [3.63, 3.8) is 0 Å². The molecule has 4 nitrogen and oxygen atoms in total. The Morgan fingerprint density at radius 3 is 2.75 bits per heavy atom. The van der Waals surface area contributed by atoms with Crippen LogP contribution in [0.3, 0.4) is 0 Å². The van der Waals surface area contributed by atoms with E-state index < -0.39 is 0 Å². The van der Waals surface area contributed by atoms with Crippen LogP contribution < -0.4 is 10.6 Å². The van der Waals surface area contributed by atoms with Crippen molar-refractivity contribution in [1.29, 1.82) is 0 Å². The number of hydrogen-bond donors (Lipinski definition) is 2. The number of benzene rings is 1. The smallest absolute Gasteiger partial charge is 0.238 e. The minimum Gasteiger partial charge on any atom is -0.375 e. The minimum atomic E-state index is -0.314. The number of anilines is 1. The molecule has 1 saturated heterocycles. The van der Waals surface area contributed by atoms with Crippen LogP contribution in [0.2, 0.25) is 0 Å². The number of carbonyl (C=O) groups is 1. The van der Waals surface area contributed by atoms with Gasteiger partial charge in [0.2, 0.25) is 5.91 Å². The van der Waals surface area contributed by atoms with Crippen LogP contribution in [0.4, 0.5) is 10.1 Å². The first-order chi connectivity index (χ1) is 9.44. The van der Waals surface area contributed by atoms with Crippen molar-refractivity contribution < 1.29 is 13.9 Å². The van der Waals surface area contributed by atoms with E-state index in [1.807, 2.05) is 0 Å². The Morgan fingerprint density at radius 2 is 2.10 bits per heavy atom. The average Bonchev–Trinajstić information content (AvgIpc) is 2.38. The normalized spacial score (nSPS) is 21.4. The molecule has 2 N–H and O–H groups in total. The lowest BCUT2D eigenvalue weighted by atomic mass is 9.94. The van der Waals surface area contributed by atoms with Crippen molar-refractivity contribution in [1.82, 2.24) is 5.32 Å². The summed E-state index contributed by atoms with van der Waals surface area (Å²) in [4.78, 5) is 11.8. The van der Waals surface area contributed by atoms with Gasteiger partial charge in [-0.25, -0.2) is 4.39 Å². The molecule has 0 saturated carbocycles. The molecule has 1 unspecified atom stereocenters. The highest BCUT2D eigenvalue weighted by atomic mass is 19.1. The van der Waals surface area contributed by atoms with E-state index in [0.29, 0.717) is 12.3 Å². The van der Waals surface area contributed by atoms with Crippen LogP contribution in [0.5, 0.6) is 0 Å². The van der Waals surface area contributed by atoms with E-state index in [2.05, 4.69) is 24.5 Å². The maximum Gasteiger partial charge on any atom is 0.238 e. The topological polar surface area (TPSA) is 50.4 Å². The van der Waals surface area contributed by atoms with Crippen molar-refractivity contribution >= 4 is 11.6 Å². The van der Waals surface area contributed by atoms with Crippen molar-refractivity contribution in [3.8, 4) is 0 Å². The number of rotatable bonds is 4. The zero-order valence-electron chi connectivity index (χ0n) is 11.9. The third-order valence-electron chi connectivity index (χ3n) is 3.38. The predicted molar refractivity (Wildman–Crippen MR) is 76.1 cm³/mol. The van der Waals surface area contributed by atoms with Gasteiger partial charge in [-0.3, -0.25) is 4.79 Å². The van der Waals surface area contributed by atoms with E-state index >= 15 is 0 Å². The number of carbonyl (C=O) groups excluding carboxylic acids is 1. The lowest BCUT2D eigenvalue weighted by Gasteiger charge is -2.35. The van der Waals surface area contributed by atoms with Crippen LogP contribution in [0.25, 0.3) is 0 Å². The summed E-state index contributed by atoms with van der Waals surface area (Å²) in [6.07, 6.45) is 1.80. The fourth-order valence-electron chi connectivity index (χ4n) is 2.38. The summed E-state index contributed by atoms with van der Waals surface area (Å²) in [6.45, 7) is 5.07. The molecule has 0 spiro atoms. The summed E-state index contributed by atoms with van der Waals surface area (Å²) in [7, 11) is 0. The molecular weight excluding hydrogens is 259 g/mol. The summed E-state index contributed by atoms with van der Waals surface area (Å²) in [6, 6.07) is 6.03. The highest BCUT2D eigenvalue weighted by molar-refractivity contribution is 5.92. The van der Waals surface area contributed by atoms with E-state index in [1.165, 1.54) is 12.1 Å². The van der Waals surface area contributed by atoms with Crippen LogP contribution in [-0.4, -0.2) is 30.7 Å². The number of amides is 1. The molecule has 0 bridgehead atoms. The van der Waals surface area contributed by atoms with Gasteiger partial charge in [0.15, 0.2) is 0 Å². The first-order valence-corrected chi connectivity index (χ1v) is 6.87. The second-order valence-electron chi connectivity index (χ2n) is 5.73. The van der Waals surface area contributed by atoms with E-state index in [4.69, 9.17) is 4.74 Å². The van der Waals surface area contributed by atoms with Crippen molar-refractivity contribution in [2.24, 2.45) is 0 Å². The number of halogens is 1. The Bertz CT molecular complexity index is 459. The van der Waals surface area contributed by atoms with Gasteiger partial charge in [0.1, 0.15) is 5.82 Å². The van der Waals surface area contributed by atoms with E-state index in [-0.39, 0.29) is 29.9 Å². The van der Waals surface area contributed by atoms with Crippen LogP contribution in [0.1, 0.15) is 26.7 Å². The molecule has 110 valence electrons. The molecule has 1 aromatic carbocycles. The van der Waals surface area contributed by atoms with Gasteiger partial charge in [-0.15, -0.1) is 0 Å². The Kier molecular flexibility index (Phi) is 4.73. The maximum absolute atomic E-state index is 12.8. The van der Waals surface area contributed by atoms with Crippen LogP contribution in [0.15, 0.2) is 24.3 Å². The van der Waals surface area contributed by atoms with Gasteiger partial charge in [0, 0.05) is 18.3 Å². The standard InChI is InChI=1S/C15H21FN2O2/c1-15(2)9-13(7-8-20-15)17-10-14(19)18-12-5-3-11(16)4-6-12/h3-6,13,17H,7-10H2,1-2H3,(H,18,19). The molecule has 0 aromatic heterocycles. The van der Waals surface area contributed by atoms with Gasteiger partial charge in [0.05, 0.1) is 12.1 Å². The fraction of sp³-hybridized carbons (Fsp3) is 0.533. The fourth-order valence-corrected chi connectivity index (χ4v) is 2.38. The molecule has 1 fully saturated rings. The first kappa shape index (κ1) is 14.9. The zero-order chi connectivity index (χ0) is 14.6. The Labute approximate surface area is 118 Å². The van der Waals surface area contributed by atoms with Crippen LogP contribution in [-0.2, 0) is 9.53 Å². The number of hydrogen-bond acceptors (Lipinski definition) is 3. The molecule has 0 radical (unpaired) electrons. The molecule has 1 amide bonds. The molecule has 5 heteroatoms. The molecule has 1 atom stereocenters. The predicted octanol–water partition coefficient (Wildman–Crippen LogP) is 2.31. The van der Waals surface area contributed by atoms with Gasteiger partial charge in [-0.1, -0.05) is 0 Å². The number of ether oxygens (including phenoxy) is 1. The van der Waals surface area contributed by atoms with Crippen molar-refractivity contribution in [3.05, 3.63) is 30.1 Å². The SMILES string of the molecule is CC1(C)CC(NCC(=O)Nc2ccc(F)cc2)CCO1. The van der Waals surface area contributed by atoms with E-state index in [0.717, 1.165) is 12.8 Å². The number of nitrogens with one attached hydrogen (secondary N) is 2. The molecule has 1 aromatic rings. The van der Waals surface area contributed by atoms with Gasteiger partial charge >= 0.3 is 0 Å². The molecule has 2 rings (SSSR count). The zero-order valence-corrected chi connectivity index (χ0v) is 11.9. The first-order valence-electron chi connectivity index (χ1n) is 6.87. The van der Waals surface area contributed by atoms with E-state index in [1.54, 1.807) is 12.1 Å². The summed E-state index contributed by atoms with van der Waals surface area (Å²) >= 11 is 0. The summed E-state index contributed by atoms with van der Waals surface area (Å²) in [5.74, 6) is -0.438. The largest absolute Gasteiger partial charge is 0.375 e. The van der Waals surface area contributed by atoms with Gasteiger partial charge in [-0.2, -0.15) is 0 Å². The molecule has 1 aliphatic heterocycles. The van der Waals surface area contributed by atoms with Crippen LogP contribution in [0, 0.1) is 5.82 Å². The lowest BCUT2D eigenvalue weighted by Crippen LogP contribution is -2.45. The molecule has 1 heterocycles.